The average molecular weight is 241 g/mol. The molecule has 1 aromatic rings. The Morgan fingerprint density at radius 2 is 2.06 bits per heavy atom. The highest BCUT2D eigenvalue weighted by molar-refractivity contribution is 5.71. The zero-order valence-electron chi connectivity index (χ0n) is 10.1. The fraction of sp³-hybridized carbons (Fsp3) is 0.417. The summed E-state index contributed by atoms with van der Waals surface area (Å²) in [6, 6.07) is 3.91. The van der Waals surface area contributed by atoms with Gasteiger partial charge in [0, 0.05) is 11.8 Å². The molecule has 0 atom stereocenters. The third-order valence-electron chi connectivity index (χ3n) is 1.72. The molecule has 4 nitrogen and oxygen atoms in total. The first kappa shape index (κ1) is 13.3. The molecule has 0 radical (unpaired) electrons. The van der Waals surface area contributed by atoms with Crippen LogP contribution >= 0.6 is 0 Å². The van der Waals surface area contributed by atoms with Crippen molar-refractivity contribution in [2.45, 2.75) is 26.4 Å². The van der Waals surface area contributed by atoms with Crippen molar-refractivity contribution in [3.63, 3.8) is 0 Å². The maximum absolute atomic E-state index is 13.2. The lowest BCUT2D eigenvalue weighted by atomic mass is 10.2. The Kier molecular flexibility index (Phi) is 3.93. The van der Waals surface area contributed by atoms with Gasteiger partial charge in [-0.25, -0.2) is 9.18 Å². The molecule has 94 valence electrons. The van der Waals surface area contributed by atoms with Crippen LogP contribution in [0.15, 0.2) is 18.2 Å². The van der Waals surface area contributed by atoms with E-state index >= 15 is 0 Å². The fourth-order valence-electron chi connectivity index (χ4n) is 1.14. The molecule has 0 fully saturated rings. The van der Waals surface area contributed by atoms with Crippen molar-refractivity contribution < 1.29 is 18.7 Å². The first-order valence-electron chi connectivity index (χ1n) is 5.17. The third kappa shape index (κ3) is 4.72. The summed E-state index contributed by atoms with van der Waals surface area (Å²) in [6.07, 6.45) is 0. The molecule has 0 spiro atoms. The van der Waals surface area contributed by atoms with Gasteiger partial charge in [-0.2, -0.15) is 0 Å². The number of anilines is 1. The SMILES string of the molecule is CC(C)(C)OC(=O)COc1cc(N)ccc1F. The van der Waals surface area contributed by atoms with E-state index in [0.717, 1.165) is 0 Å². The summed E-state index contributed by atoms with van der Waals surface area (Å²) in [5.74, 6) is -1.18. The summed E-state index contributed by atoms with van der Waals surface area (Å²) in [5, 5.41) is 0. The van der Waals surface area contributed by atoms with Crippen molar-refractivity contribution in [2.24, 2.45) is 0 Å². The van der Waals surface area contributed by atoms with Crippen molar-refractivity contribution in [2.75, 3.05) is 12.3 Å². The predicted octanol–water partition coefficient (Wildman–Crippen LogP) is 2.13. The third-order valence-corrected chi connectivity index (χ3v) is 1.72. The van der Waals surface area contributed by atoms with Gasteiger partial charge in [0.2, 0.25) is 0 Å². The van der Waals surface area contributed by atoms with Gasteiger partial charge in [-0.1, -0.05) is 0 Å². The fourth-order valence-corrected chi connectivity index (χ4v) is 1.14. The second-order valence-electron chi connectivity index (χ2n) is 4.56. The van der Waals surface area contributed by atoms with Crippen molar-refractivity contribution >= 4 is 11.7 Å². The highest BCUT2D eigenvalue weighted by Gasteiger charge is 2.17. The molecule has 0 aliphatic heterocycles. The number of nitrogen functional groups attached to an aromatic ring is 1. The van der Waals surface area contributed by atoms with Crippen LogP contribution in [0.25, 0.3) is 0 Å². The monoisotopic (exact) mass is 241 g/mol. The molecule has 0 aliphatic rings. The zero-order valence-corrected chi connectivity index (χ0v) is 10.1. The second-order valence-corrected chi connectivity index (χ2v) is 4.56. The van der Waals surface area contributed by atoms with E-state index in [0.29, 0.717) is 5.69 Å². The minimum absolute atomic E-state index is 0.0594. The highest BCUT2D eigenvalue weighted by atomic mass is 19.1. The number of carbonyl (C=O) groups is 1. The lowest BCUT2D eigenvalue weighted by molar-refractivity contribution is -0.157. The highest BCUT2D eigenvalue weighted by Crippen LogP contribution is 2.20. The number of halogens is 1. The molecule has 2 N–H and O–H groups in total. The topological polar surface area (TPSA) is 61.5 Å². The normalized spacial score (nSPS) is 11.1. The first-order chi connectivity index (χ1) is 7.78. The molecule has 0 heterocycles. The van der Waals surface area contributed by atoms with Crippen LogP contribution in [-0.4, -0.2) is 18.2 Å². The van der Waals surface area contributed by atoms with Gasteiger partial charge < -0.3 is 15.2 Å². The van der Waals surface area contributed by atoms with E-state index in [4.69, 9.17) is 15.2 Å². The number of hydrogen-bond acceptors (Lipinski definition) is 4. The Labute approximate surface area is 99.5 Å². The van der Waals surface area contributed by atoms with Gasteiger partial charge in [-0.15, -0.1) is 0 Å². The molecule has 0 bridgehead atoms. The van der Waals surface area contributed by atoms with Gasteiger partial charge in [0.25, 0.3) is 0 Å². The van der Waals surface area contributed by atoms with Crippen LogP contribution in [0.5, 0.6) is 5.75 Å². The Bertz CT molecular complexity index is 413. The molecule has 0 saturated carbocycles. The largest absolute Gasteiger partial charge is 0.479 e. The lowest BCUT2D eigenvalue weighted by Crippen LogP contribution is -2.27. The minimum Gasteiger partial charge on any atom is -0.479 e. The van der Waals surface area contributed by atoms with Crippen LogP contribution in [0, 0.1) is 5.82 Å². The molecule has 0 saturated heterocycles. The van der Waals surface area contributed by atoms with E-state index in [1.165, 1.54) is 18.2 Å². The van der Waals surface area contributed by atoms with Crippen LogP contribution in [0.1, 0.15) is 20.8 Å². The Morgan fingerprint density at radius 1 is 1.41 bits per heavy atom. The van der Waals surface area contributed by atoms with Gasteiger partial charge in [0.15, 0.2) is 18.2 Å². The smallest absolute Gasteiger partial charge is 0.344 e. The number of nitrogens with two attached hydrogens (primary N) is 1. The maximum Gasteiger partial charge on any atom is 0.344 e. The number of rotatable bonds is 3. The number of ether oxygens (including phenoxy) is 2. The van der Waals surface area contributed by atoms with Crippen molar-refractivity contribution in [3.05, 3.63) is 24.0 Å². The molecule has 0 amide bonds. The van der Waals surface area contributed by atoms with Crippen molar-refractivity contribution in [1.82, 2.24) is 0 Å². The number of hydrogen-bond donors (Lipinski definition) is 1. The van der Waals surface area contributed by atoms with Crippen molar-refractivity contribution in [3.8, 4) is 5.75 Å². The number of carbonyl (C=O) groups excluding carboxylic acids is 1. The summed E-state index contributed by atoms with van der Waals surface area (Å²) in [6.45, 7) is 4.88. The molecule has 0 aromatic heterocycles. The molecule has 5 heteroatoms. The van der Waals surface area contributed by atoms with Crippen LogP contribution in [0.2, 0.25) is 0 Å². The van der Waals surface area contributed by atoms with Gasteiger partial charge >= 0.3 is 5.97 Å². The van der Waals surface area contributed by atoms with Crippen LogP contribution in [0.3, 0.4) is 0 Å². The van der Waals surface area contributed by atoms with E-state index in [9.17, 15) is 9.18 Å². The number of esters is 1. The van der Waals surface area contributed by atoms with E-state index in [-0.39, 0.29) is 12.4 Å². The Hall–Kier alpha value is -1.78. The summed E-state index contributed by atoms with van der Waals surface area (Å²) in [7, 11) is 0. The van der Waals surface area contributed by atoms with Crippen molar-refractivity contribution in [1.29, 1.82) is 0 Å². The van der Waals surface area contributed by atoms with E-state index in [1.54, 1.807) is 20.8 Å². The summed E-state index contributed by atoms with van der Waals surface area (Å²) >= 11 is 0. The van der Waals surface area contributed by atoms with Gasteiger partial charge in [0.05, 0.1) is 0 Å². The Morgan fingerprint density at radius 3 is 2.65 bits per heavy atom. The summed E-state index contributed by atoms with van der Waals surface area (Å²) in [5.41, 5.74) is 5.25. The summed E-state index contributed by atoms with van der Waals surface area (Å²) in [4.78, 5) is 11.3. The molecule has 1 rings (SSSR count). The first-order valence-corrected chi connectivity index (χ1v) is 5.17. The molecule has 0 unspecified atom stereocenters. The second kappa shape index (κ2) is 5.03. The summed E-state index contributed by atoms with van der Waals surface area (Å²) < 4.78 is 23.2. The molecule has 17 heavy (non-hydrogen) atoms. The maximum atomic E-state index is 13.2. The Balaban J connectivity index is 2.56. The number of benzene rings is 1. The van der Waals surface area contributed by atoms with Gasteiger partial charge in [-0.3, -0.25) is 0 Å². The molecule has 1 aromatic carbocycles. The standard InChI is InChI=1S/C12H16FNO3/c1-12(2,3)17-11(15)7-16-10-6-8(14)4-5-9(10)13/h4-6H,7,14H2,1-3H3. The van der Waals surface area contributed by atoms with Crippen LogP contribution < -0.4 is 10.5 Å². The van der Waals surface area contributed by atoms with Gasteiger partial charge in [0.1, 0.15) is 5.60 Å². The minimum atomic E-state index is -0.589. The van der Waals surface area contributed by atoms with Gasteiger partial charge in [-0.05, 0) is 32.9 Å². The van der Waals surface area contributed by atoms with E-state index in [1.807, 2.05) is 0 Å². The average Bonchev–Trinajstić information content (AvgIpc) is 2.17. The van der Waals surface area contributed by atoms with E-state index in [2.05, 4.69) is 0 Å². The molecule has 0 aliphatic carbocycles. The van der Waals surface area contributed by atoms with Crippen LogP contribution in [-0.2, 0) is 9.53 Å². The quantitative estimate of drug-likeness (QED) is 0.650. The predicted molar refractivity (Wildman–Crippen MR) is 62.2 cm³/mol. The van der Waals surface area contributed by atoms with E-state index < -0.39 is 17.4 Å². The lowest BCUT2D eigenvalue weighted by Gasteiger charge is -2.19. The van der Waals surface area contributed by atoms with Crippen LogP contribution in [0.4, 0.5) is 10.1 Å². The molecular weight excluding hydrogens is 225 g/mol. The molecular formula is C12H16FNO3. The zero-order chi connectivity index (χ0) is 13.1.